The van der Waals surface area contributed by atoms with Crippen molar-refractivity contribution in [2.45, 2.75) is 64.8 Å². The molecule has 0 radical (unpaired) electrons. The summed E-state index contributed by atoms with van der Waals surface area (Å²) in [6.07, 6.45) is 9.16. The van der Waals surface area contributed by atoms with Gasteiger partial charge in [-0.15, -0.1) is 0 Å². The van der Waals surface area contributed by atoms with Gasteiger partial charge < -0.3 is 10.0 Å². The van der Waals surface area contributed by atoms with Crippen LogP contribution in [0.4, 0.5) is 0 Å². The minimum Gasteiger partial charge on any atom is -0.396 e. The van der Waals surface area contributed by atoms with Crippen molar-refractivity contribution in [2.24, 2.45) is 11.3 Å². The van der Waals surface area contributed by atoms with Gasteiger partial charge in [0.05, 0.1) is 0 Å². The molecule has 2 unspecified atom stereocenters. The Hall–Kier alpha value is -0.0800. The van der Waals surface area contributed by atoms with E-state index in [2.05, 4.69) is 18.7 Å². The lowest BCUT2D eigenvalue weighted by molar-refractivity contribution is 0.0107. The number of likely N-dealkylation sites (tertiary alicyclic amines) is 1. The van der Waals surface area contributed by atoms with Gasteiger partial charge in [-0.1, -0.05) is 26.2 Å². The maximum Gasteiger partial charge on any atom is 0.0499 e. The summed E-state index contributed by atoms with van der Waals surface area (Å²) in [5.74, 6) is 0.887. The molecule has 0 aromatic heterocycles. The normalized spacial score (nSPS) is 34.8. The van der Waals surface area contributed by atoms with Gasteiger partial charge in [0, 0.05) is 24.6 Å². The van der Waals surface area contributed by atoms with Crippen LogP contribution in [-0.4, -0.2) is 35.7 Å². The zero-order valence-corrected chi connectivity index (χ0v) is 11.6. The highest BCUT2D eigenvalue weighted by atomic mass is 16.3. The first-order valence-electron chi connectivity index (χ1n) is 7.50. The summed E-state index contributed by atoms with van der Waals surface area (Å²) in [6, 6.07) is 0.712. The summed E-state index contributed by atoms with van der Waals surface area (Å²) < 4.78 is 0. The second kappa shape index (κ2) is 5.71. The Kier molecular flexibility index (Phi) is 4.48. The number of rotatable bonds is 3. The van der Waals surface area contributed by atoms with Crippen LogP contribution in [0.2, 0.25) is 0 Å². The molecule has 2 atom stereocenters. The molecule has 2 fully saturated rings. The summed E-state index contributed by atoms with van der Waals surface area (Å²) >= 11 is 0. The van der Waals surface area contributed by atoms with Crippen molar-refractivity contribution in [3.63, 3.8) is 0 Å². The van der Waals surface area contributed by atoms with Crippen LogP contribution >= 0.6 is 0 Å². The summed E-state index contributed by atoms with van der Waals surface area (Å²) in [5, 5.41) is 9.78. The predicted molar refractivity (Wildman–Crippen MR) is 72.0 cm³/mol. The summed E-state index contributed by atoms with van der Waals surface area (Å²) in [4.78, 5) is 2.64. The van der Waals surface area contributed by atoms with Crippen molar-refractivity contribution in [3.8, 4) is 0 Å². The van der Waals surface area contributed by atoms with Gasteiger partial charge in [-0.25, -0.2) is 0 Å². The van der Waals surface area contributed by atoms with Crippen molar-refractivity contribution in [1.82, 2.24) is 4.90 Å². The van der Waals surface area contributed by atoms with Gasteiger partial charge >= 0.3 is 0 Å². The number of aliphatic hydroxyl groups is 1. The Labute approximate surface area is 106 Å². The Morgan fingerprint density at radius 3 is 2.47 bits per heavy atom. The van der Waals surface area contributed by atoms with E-state index in [9.17, 15) is 5.11 Å². The Morgan fingerprint density at radius 1 is 1.18 bits per heavy atom. The zero-order valence-electron chi connectivity index (χ0n) is 11.6. The lowest BCUT2D eigenvalue weighted by atomic mass is 9.73. The van der Waals surface area contributed by atoms with E-state index in [1.165, 1.54) is 51.5 Å². The van der Waals surface area contributed by atoms with E-state index in [0.29, 0.717) is 12.6 Å². The molecular weight excluding hydrogens is 210 g/mol. The maximum absolute atomic E-state index is 9.78. The van der Waals surface area contributed by atoms with Crippen LogP contribution in [0.25, 0.3) is 0 Å². The smallest absolute Gasteiger partial charge is 0.0499 e. The van der Waals surface area contributed by atoms with Gasteiger partial charge in [-0.05, 0) is 45.1 Å². The average molecular weight is 239 g/mol. The Bertz CT molecular complexity index is 235. The molecule has 1 N–H and O–H groups in total. The third-order valence-corrected chi connectivity index (χ3v) is 5.06. The van der Waals surface area contributed by atoms with Crippen molar-refractivity contribution in [1.29, 1.82) is 0 Å². The van der Waals surface area contributed by atoms with Crippen LogP contribution in [0.3, 0.4) is 0 Å². The predicted octanol–water partition coefficient (Wildman–Crippen LogP) is 3.05. The van der Waals surface area contributed by atoms with Crippen LogP contribution < -0.4 is 0 Å². The molecule has 2 rings (SSSR count). The highest BCUT2D eigenvalue weighted by Crippen LogP contribution is 2.38. The van der Waals surface area contributed by atoms with Gasteiger partial charge in [0.15, 0.2) is 0 Å². The molecule has 17 heavy (non-hydrogen) atoms. The lowest BCUT2D eigenvalue weighted by Crippen LogP contribution is -2.48. The summed E-state index contributed by atoms with van der Waals surface area (Å²) in [6.45, 7) is 7.51. The fraction of sp³-hybridized carbons (Fsp3) is 1.00. The van der Waals surface area contributed by atoms with Crippen LogP contribution in [0.15, 0.2) is 0 Å². The van der Waals surface area contributed by atoms with Crippen LogP contribution in [0.5, 0.6) is 0 Å². The number of aliphatic hydroxyl groups excluding tert-OH is 1. The van der Waals surface area contributed by atoms with Gasteiger partial charge in [0.25, 0.3) is 0 Å². The van der Waals surface area contributed by atoms with Gasteiger partial charge in [0.1, 0.15) is 0 Å². The topological polar surface area (TPSA) is 23.5 Å². The first kappa shape index (κ1) is 13.4. The fourth-order valence-electron chi connectivity index (χ4n) is 3.79. The molecule has 0 aromatic rings. The fourth-order valence-corrected chi connectivity index (χ4v) is 3.79. The highest BCUT2D eigenvalue weighted by molar-refractivity contribution is 4.88. The first-order chi connectivity index (χ1) is 8.15. The molecule has 0 bridgehead atoms. The molecule has 1 saturated heterocycles. The molecule has 1 aliphatic carbocycles. The second-order valence-electron chi connectivity index (χ2n) is 6.67. The Balaban J connectivity index is 1.93. The number of nitrogens with zero attached hydrogens (tertiary/aromatic N) is 1. The molecule has 0 amide bonds. The number of piperidine rings is 1. The largest absolute Gasteiger partial charge is 0.396 e. The Morgan fingerprint density at radius 2 is 1.88 bits per heavy atom. The molecule has 0 aromatic carbocycles. The summed E-state index contributed by atoms with van der Waals surface area (Å²) in [7, 11) is 0. The van der Waals surface area contributed by atoms with Gasteiger partial charge in [-0.3, -0.25) is 0 Å². The monoisotopic (exact) mass is 239 g/mol. The molecule has 2 aliphatic rings. The molecule has 1 saturated carbocycles. The molecule has 0 spiro atoms. The third-order valence-electron chi connectivity index (χ3n) is 5.06. The molecule has 1 heterocycles. The summed E-state index contributed by atoms with van der Waals surface area (Å²) in [5.41, 5.74) is 0.229. The molecular formula is C15H29NO. The van der Waals surface area contributed by atoms with Crippen LogP contribution in [0, 0.1) is 11.3 Å². The van der Waals surface area contributed by atoms with Crippen LogP contribution in [-0.2, 0) is 0 Å². The standard InChI is InChI=1S/C15H29NO/c1-13-6-9-16(14(2)10-13)11-15(12-17)7-4-3-5-8-15/h13-14,17H,3-12H2,1-2H3. The van der Waals surface area contributed by atoms with E-state index >= 15 is 0 Å². The van der Waals surface area contributed by atoms with Gasteiger partial charge in [0.2, 0.25) is 0 Å². The van der Waals surface area contributed by atoms with E-state index in [4.69, 9.17) is 0 Å². The highest BCUT2D eigenvalue weighted by Gasteiger charge is 2.35. The maximum atomic E-state index is 9.78. The SMILES string of the molecule is CC1CCN(CC2(CO)CCCCC2)C(C)C1. The minimum absolute atomic E-state index is 0.229. The second-order valence-corrected chi connectivity index (χ2v) is 6.67. The molecule has 1 aliphatic heterocycles. The van der Waals surface area contributed by atoms with Crippen LogP contribution in [0.1, 0.15) is 58.8 Å². The van der Waals surface area contributed by atoms with Crippen molar-refractivity contribution in [3.05, 3.63) is 0 Å². The van der Waals surface area contributed by atoms with Gasteiger partial charge in [-0.2, -0.15) is 0 Å². The zero-order chi connectivity index (χ0) is 12.3. The number of hydrogen-bond acceptors (Lipinski definition) is 2. The van der Waals surface area contributed by atoms with E-state index < -0.39 is 0 Å². The van der Waals surface area contributed by atoms with Crippen molar-refractivity contribution < 1.29 is 5.11 Å². The quantitative estimate of drug-likeness (QED) is 0.818. The van der Waals surface area contributed by atoms with E-state index in [-0.39, 0.29) is 5.41 Å². The molecule has 100 valence electrons. The lowest BCUT2D eigenvalue weighted by Gasteiger charge is -2.44. The number of hydrogen-bond donors (Lipinski definition) is 1. The minimum atomic E-state index is 0.229. The van der Waals surface area contributed by atoms with Crippen molar-refractivity contribution in [2.75, 3.05) is 19.7 Å². The van der Waals surface area contributed by atoms with E-state index in [1.807, 2.05) is 0 Å². The molecule has 2 heteroatoms. The van der Waals surface area contributed by atoms with Crippen molar-refractivity contribution >= 4 is 0 Å². The van der Waals surface area contributed by atoms with E-state index in [1.54, 1.807) is 0 Å². The third kappa shape index (κ3) is 3.23. The first-order valence-corrected chi connectivity index (χ1v) is 7.50. The average Bonchev–Trinajstić information content (AvgIpc) is 2.34. The van der Waals surface area contributed by atoms with E-state index in [0.717, 1.165) is 12.5 Å². The molecule has 2 nitrogen and oxygen atoms in total.